The van der Waals surface area contributed by atoms with E-state index in [-0.39, 0.29) is 24.4 Å². The van der Waals surface area contributed by atoms with Gasteiger partial charge in [-0.05, 0) is 78.6 Å². The van der Waals surface area contributed by atoms with Gasteiger partial charge < -0.3 is 27.2 Å². The molecule has 1 heterocycles. The Labute approximate surface area is 183 Å². The van der Waals surface area contributed by atoms with Crippen molar-refractivity contribution < 1.29 is 27.2 Å². The quantitative estimate of drug-likeness (QED) is 0.414. The third-order valence-corrected chi connectivity index (χ3v) is 7.74. The number of methoxy groups -OCH3 is 1. The number of ether oxygens (including phenoxy) is 2. The van der Waals surface area contributed by atoms with Crippen molar-refractivity contribution >= 4 is 33.3 Å². The molecule has 0 aromatic rings. The third-order valence-electron chi connectivity index (χ3n) is 3.86. The third kappa shape index (κ3) is 10.7. The zero-order valence-electron chi connectivity index (χ0n) is 21.0. The maximum Gasteiger partial charge on any atom is 0.187 e. The first-order valence-electron chi connectivity index (χ1n) is 10.7. The maximum atomic E-state index is 6.75. The molecule has 10 heteroatoms. The van der Waals surface area contributed by atoms with E-state index in [2.05, 4.69) is 78.6 Å². The summed E-state index contributed by atoms with van der Waals surface area (Å²) in [5.74, 6) is 0. The average Bonchev–Trinajstić information content (AvgIpc) is 2.41. The van der Waals surface area contributed by atoms with Crippen molar-refractivity contribution in [2.75, 3.05) is 13.7 Å². The summed E-state index contributed by atoms with van der Waals surface area (Å²) in [6.07, 6.45) is -1.52. The van der Waals surface area contributed by atoms with E-state index in [9.17, 15) is 0 Å². The molecular weight excluding hydrogens is 437 g/mol. The van der Waals surface area contributed by atoms with Gasteiger partial charge in [0.25, 0.3) is 0 Å². The monoisotopic (exact) mass is 482 g/mol. The van der Waals surface area contributed by atoms with Gasteiger partial charge in [-0.2, -0.15) is 0 Å². The Morgan fingerprint density at radius 1 is 0.552 bits per heavy atom. The molecule has 6 nitrogen and oxygen atoms in total. The van der Waals surface area contributed by atoms with Crippen LogP contribution in [-0.4, -0.2) is 77.7 Å². The molecule has 0 aliphatic carbocycles. The van der Waals surface area contributed by atoms with Crippen LogP contribution < -0.4 is 0 Å². The van der Waals surface area contributed by atoms with Crippen molar-refractivity contribution in [1.82, 2.24) is 0 Å². The number of rotatable bonds is 10. The van der Waals surface area contributed by atoms with Crippen molar-refractivity contribution in [1.29, 1.82) is 0 Å². The van der Waals surface area contributed by atoms with Gasteiger partial charge in [-0.25, -0.2) is 0 Å². The van der Waals surface area contributed by atoms with Gasteiger partial charge in [0, 0.05) is 7.11 Å². The molecule has 1 fully saturated rings. The van der Waals surface area contributed by atoms with Crippen LogP contribution in [0.3, 0.4) is 0 Å². The van der Waals surface area contributed by atoms with E-state index in [1.54, 1.807) is 7.11 Å². The molecule has 0 aromatic heterocycles. The first-order chi connectivity index (χ1) is 12.8. The van der Waals surface area contributed by atoms with E-state index in [4.69, 9.17) is 27.2 Å². The summed E-state index contributed by atoms with van der Waals surface area (Å²) in [5.41, 5.74) is 0. The highest BCUT2D eigenvalue weighted by Gasteiger charge is 2.52. The molecule has 1 aliphatic heterocycles. The Morgan fingerprint density at radius 3 is 1.31 bits per heavy atom. The molecular formula is C19H46O6Si4. The summed E-state index contributed by atoms with van der Waals surface area (Å²) in [5, 5.41) is 0. The molecule has 0 unspecified atom stereocenters. The van der Waals surface area contributed by atoms with Crippen molar-refractivity contribution in [2.24, 2.45) is 0 Å². The average molecular weight is 483 g/mol. The van der Waals surface area contributed by atoms with E-state index in [0.717, 1.165) is 0 Å². The lowest BCUT2D eigenvalue weighted by molar-refractivity contribution is -0.270. The number of hydrogen-bond donors (Lipinski definition) is 0. The van der Waals surface area contributed by atoms with Crippen molar-refractivity contribution in [3.63, 3.8) is 0 Å². The number of hydrogen-bond acceptors (Lipinski definition) is 6. The zero-order valence-corrected chi connectivity index (χ0v) is 25.0. The summed E-state index contributed by atoms with van der Waals surface area (Å²) in [7, 11) is -5.83. The Bertz CT molecular complexity index is 507. The van der Waals surface area contributed by atoms with Crippen molar-refractivity contribution in [3.8, 4) is 0 Å². The van der Waals surface area contributed by atoms with Gasteiger partial charge in [-0.3, -0.25) is 0 Å². The van der Waals surface area contributed by atoms with E-state index < -0.39 is 39.6 Å². The van der Waals surface area contributed by atoms with Gasteiger partial charge in [-0.1, -0.05) is 0 Å². The Kier molecular flexibility index (Phi) is 9.59. The predicted molar refractivity (Wildman–Crippen MR) is 130 cm³/mol. The van der Waals surface area contributed by atoms with Gasteiger partial charge >= 0.3 is 0 Å². The van der Waals surface area contributed by atoms with E-state index in [1.807, 2.05) is 0 Å². The second-order valence-corrected chi connectivity index (χ2v) is 29.7. The smallest absolute Gasteiger partial charge is 0.187 e. The molecule has 0 bridgehead atoms. The highest BCUT2D eigenvalue weighted by molar-refractivity contribution is 6.71. The highest BCUT2D eigenvalue weighted by Crippen LogP contribution is 2.35. The molecule has 0 radical (unpaired) electrons. The zero-order chi connectivity index (χ0) is 22.8. The lowest BCUT2D eigenvalue weighted by atomic mass is 9.99. The molecule has 0 saturated carbocycles. The fraction of sp³-hybridized carbons (Fsp3) is 1.00. The van der Waals surface area contributed by atoms with Crippen LogP contribution in [0.15, 0.2) is 0 Å². The summed E-state index contributed by atoms with van der Waals surface area (Å²) in [6.45, 7) is 26.7. The summed E-state index contributed by atoms with van der Waals surface area (Å²) < 4.78 is 38.5. The molecule has 0 aromatic carbocycles. The second-order valence-electron chi connectivity index (χ2n) is 11.8. The van der Waals surface area contributed by atoms with Crippen molar-refractivity contribution in [3.05, 3.63) is 0 Å². The van der Waals surface area contributed by atoms with Crippen LogP contribution >= 0.6 is 0 Å². The molecule has 1 rings (SSSR count). The van der Waals surface area contributed by atoms with E-state index >= 15 is 0 Å². The van der Waals surface area contributed by atoms with E-state index in [0.29, 0.717) is 6.61 Å². The van der Waals surface area contributed by atoms with Crippen LogP contribution in [0.2, 0.25) is 78.6 Å². The molecule has 29 heavy (non-hydrogen) atoms. The van der Waals surface area contributed by atoms with E-state index in [1.165, 1.54) is 0 Å². The highest BCUT2D eigenvalue weighted by atomic mass is 28.4. The fourth-order valence-electron chi connectivity index (χ4n) is 3.25. The van der Waals surface area contributed by atoms with Gasteiger partial charge in [-0.15, -0.1) is 0 Å². The summed E-state index contributed by atoms with van der Waals surface area (Å²) in [4.78, 5) is 0. The molecule has 1 aliphatic rings. The first kappa shape index (κ1) is 27.7. The van der Waals surface area contributed by atoms with Gasteiger partial charge in [0.15, 0.2) is 39.6 Å². The molecule has 1 saturated heterocycles. The Hall–Kier alpha value is 0.628. The summed E-state index contributed by atoms with van der Waals surface area (Å²) >= 11 is 0. The van der Waals surface area contributed by atoms with Crippen molar-refractivity contribution in [2.45, 2.75) is 109 Å². The van der Waals surface area contributed by atoms with Crippen LogP contribution in [0.1, 0.15) is 0 Å². The van der Waals surface area contributed by atoms with Crippen LogP contribution in [0, 0.1) is 0 Å². The topological polar surface area (TPSA) is 55.4 Å². The van der Waals surface area contributed by atoms with Crippen LogP contribution in [0.4, 0.5) is 0 Å². The lowest BCUT2D eigenvalue weighted by Crippen LogP contribution is -2.67. The van der Waals surface area contributed by atoms with Crippen LogP contribution in [0.25, 0.3) is 0 Å². The van der Waals surface area contributed by atoms with Gasteiger partial charge in [0.1, 0.15) is 24.4 Å². The molecule has 0 spiro atoms. The molecule has 0 N–H and O–H groups in total. The SMILES string of the molecule is COC[C@H]1O[C@@H](O[Si](C)(C)C)[C@H](O[Si](C)(C)C)[C@@H](O[Si](C)(C)C)[C@@H]1O[Si](C)(C)C. The normalized spacial score (nSPS) is 29.9. The minimum atomic E-state index is -1.89. The Morgan fingerprint density at radius 2 is 0.931 bits per heavy atom. The predicted octanol–water partition coefficient (Wildman–Crippen LogP) is 4.87. The minimum Gasteiger partial charge on any atom is -0.409 e. The Balaban J connectivity index is 3.44. The lowest BCUT2D eigenvalue weighted by Gasteiger charge is -2.51. The fourth-order valence-corrected chi connectivity index (χ4v) is 7.38. The van der Waals surface area contributed by atoms with Gasteiger partial charge in [0.05, 0.1) is 6.61 Å². The first-order valence-corrected chi connectivity index (χ1v) is 24.3. The van der Waals surface area contributed by atoms with Crippen LogP contribution in [-0.2, 0) is 27.2 Å². The van der Waals surface area contributed by atoms with Crippen LogP contribution in [0.5, 0.6) is 0 Å². The largest absolute Gasteiger partial charge is 0.409 e. The summed E-state index contributed by atoms with van der Waals surface area (Å²) in [6, 6.07) is 0. The van der Waals surface area contributed by atoms with Gasteiger partial charge in [0.2, 0.25) is 0 Å². The standard InChI is InChI=1S/C19H46O6Si4/c1-20-14-15-16(22-26(2,3)4)17(23-27(5,6)7)18(24-28(8,9)10)19(21-15)25-29(11,12)13/h15-19H,14H2,1-13H3/t15-,16-,17+,18-,19+/m1/s1. The molecule has 5 atom stereocenters. The maximum absolute atomic E-state index is 6.75. The molecule has 0 amide bonds. The second kappa shape index (κ2) is 10.1. The molecule has 174 valence electrons. The minimum absolute atomic E-state index is 0.240.